The Labute approximate surface area is 119 Å². The van der Waals surface area contributed by atoms with E-state index in [1.54, 1.807) is 24.3 Å². The summed E-state index contributed by atoms with van der Waals surface area (Å²) in [5.74, 6) is 0.845. The Hall–Kier alpha value is -1.81. The van der Waals surface area contributed by atoms with Crippen LogP contribution in [0.2, 0.25) is 0 Å². The Kier molecular flexibility index (Phi) is 3.03. The summed E-state index contributed by atoms with van der Waals surface area (Å²) >= 11 is 3.37. The van der Waals surface area contributed by atoms with Crippen LogP contribution >= 0.6 is 15.9 Å². The van der Waals surface area contributed by atoms with Crippen molar-refractivity contribution in [3.05, 3.63) is 57.6 Å². The fraction of sp³-hybridized carbons (Fsp3) is 0.133. The Morgan fingerprint density at radius 2 is 2.11 bits per heavy atom. The summed E-state index contributed by atoms with van der Waals surface area (Å²) in [5, 5.41) is 0. The first kappa shape index (κ1) is 12.2. The largest absolute Gasteiger partial charge is 0.493 e. The minimum Gasteiger partial charge on any atom is -0.493 e. The van der Waals surface area contributed by atoms with Gasteiger partial charge in [-0.1, -0.05) is 6.07 Å². The van der Waals surface area contributed by atoms with Crippen molar-refractivity contribution in [1.29, 1.82) is 0 Å². The van der Waals surface area contributed by atoms with E-state index in [1.165, 1.54) is 0 Å². The zero-order valence-electron chi connectivity index (χ0n) is 10.2. The number of rotatable bonds is 2. The van der Waals surface area contributed by atoms with Crippen LogP contribution in [0.3, 0.4) is 0 Å². The standard InChI is InChI=1S/C15H12BrNO2/c16-14-11(2-1-3-12(14)17)15(18)10-4-5-13-9(8-10)6-7-19-13/h1-5,8H,6-7,17H2. The van der Waals surface area contributed by atoms with Gasteiger partial charge in [0.1, 0.15) is 5.75 Å². The average molecular weight is 318 g/mol. The second-order valence-corrected chi connectivity index (χ2v) is 5.25. The van der Waals surface area contributed by atoms with Crippen molar-refractivity contribution in [2.75, 3.05) is 12.3 Å². The zero-order valence-corrected chi connectivity index (χ0v) is 11.7. The van der Waals surface area contributed by atoms with Crippen molar-refractivity contribution in [2.45, 2.75) is 6.42 Å². The van der Waals surface area contributed by atoms with E-state index in [9.17, 15) is 4.79 Å². The SMILES string of the molecule is Nc1cccc(C(=O)c2ccc3c(c2)CCO3)c1Br. The maximum atomic E-state index is 12.5. The van der Waals surface area contributed by atoms with Crippen LogP contribution < -0.4 is 10.5 Å². The van der Waals surface area contributed by atoms with Crippen molar-refractivity contribution < 1.29 is 9.53 Å². The lowest BCUT2D eigenvalue weighted by atomic mass is 10.00. The predicted octanol–water partition coefficient (Wildman–Crippen LogP) is 3.20. The molecule has 1 heterocycles. The molecule has 0 aromatic heterocycles. The number of halogens is 1. The first-order chi connectivity index (χ1) is 9.16. The highest BCUT2D eigenvalue weighted by atomic mass is 79.9. The van der Waals surface area contributed by atoms with Crippen molar-refractivity contribution >= 4 is 27.4 Å². The van der Waals surface area contributed by atoms with Gasteiger partial charge < -0.3 is 10.5 Å². The highest BCUT2D eigenvalue weighted by Crippen LogP contribution is 2.29. The normalized spacial score (nSPS) is 12.9. The van der Waals surface area contributed by atoms with Crippen molar-refractivity contribution in [2.24, 2.45) is 0 Å². The fourth-order valence-electron chi connectivity index (χ4n) is 2.21. The lowest BCUT2D eigenvalue weighted by molar-refractivity contribution is 0.103. The smallest absolute Gasteiger partial charge is 0.194 e. The molecule has 3 nitrogen and oxygen atoms in total. The van der Waals surface area contributed by atoms with Gasteiger partial charge in [-0.05, 0) is 51.8 Å². The number of benzene rings is 2. The molecular formula is C15H12BrNO2. The molecule has 0 amide bonds. The summed E-state index contributed by atoms with van der Waals surface area (Å²) in [6.07, 6.45) is 0.856. The third-order valence-electron chi connectivity index (χ3n) is 3.22. The van der Waals surface area contributed by atoms with Crippen LogP contribution in [0.15, 0.2) is 40.9 Å². The molecule has 0 saturated heterocycles. The third kappa shape index (κ3) is 2.12. The molecular weight excluding hydrogens is 306 g/mol. The van der Waals surface area contributed by atoms with Gasteiger partial charge in [0.2, 0.25) is 0 Å². The van der Waals surface area contributed by atoms with Crippen LogP contribution in [0.25, 0.3) is 0 Å². The van der Waals surface area contributed by atoms with Gasteiger partial charge in [0.15, 0.2) is 5.78 Å². The molecule has 96 valence electrons. The lowest BCUT2D eigenvalue weighted by Crippen LogP contribution is -2.04. The molecule has 0 spiro atoms. The quantitative estimate of drug-likeness (QED) is 0.683. The first-order valence-corrected chi connectivity index (χ1v) is 6.80. The Bertz CT molecular complexity index is 667. The average Bonchev–Trinajstić information content (AvgIpc) is 2.88. The fourth-order valence-corrected chi connectivity index (χ4v) is 2.65. The molecule has 0 fully saturated rings. The van der Waals surface area contributed by atoms with Crippen molar-refractivity contribution in [3.8, 4) is 5.75 Å². The lowest BCUT2D eigenvalue weighted by Gasteiger charge is -2.07. The molecule has 0 unspecified atom stereocenters. The molecule has 0 radical (unpaired) electrons. The van der Waals surface area contributed by atoms with Gasteiger partial charge >= 0.3 is 0 Å². The molecule has 0 saturated carbocycles. The number of hydrogen-bond acceptors (Lipinski definition) is 3. The topological polar surface area (TPSA) is 52.3 Å². The molecule has 1 aliphatic rings. The van der Waals surface area contributed by atoms with Crippen LogP contribution in [0, 0.1) is 0 Å². The number of ether oxygens (including phenoxy) is 1. The van der Waals surface area contributed by atoms with Crippen LogP contribution in [-0.2, 0) is 6.42 Å². The van der Waals surface area contributed by atoms with E-state index in [0.29, 0.717) is 27.9 Å². The number of fused-ring (bicyclic) bond motifs is 1. The Morgan fingerprint density at radius 3 is 2.95 bits per heavy atom. The molecule has 19 heavy (non-hydrogen) atoms. The van der Waals surface area contributed by atoms with Gasteiger partial charge in [0.25, 0.3) is 0 Å². The van der Waals surface area contributed by atoms with Crippen LogP contribution in [0.5, 0.6) is 5.75 Å². The molecule has 0 aliphatic carbocycles. The molecule has 4 heteroatoms. The maximum Gasteiger partial charge on any atom is 0.194 e. The van der Waals surface area contributed by atoms with E-state index >= 15 is 0 Å². The summed E-state index contributed by atoms with van der Waals surface area (Å²) in [6, 6.07) is 10.9. The Balaban J connectivity index is 2.02. The number of carbonyl (C=O) groups excluding carboxylic acids is 1. The highest BCUT2D eigenvalue weighted by molar-refractivity contribution is 9.10. The second kappa shape index (κ2) is 4.70. The van der Waals surface area contributed by atoms with E-state index in [2.05, 4.69) is 15.9 Å². The zero-order chi connectivity index (χ0) is 13.4. The minimum absolute atomic E-state index is 0.0334. The summed E-state index contributed by atoms with van der Waals surface area (Å²) in [6.45, 7) is 0.689. The number of anilines is 1. The molecule has 2 aromatic rings. The number of carbonyl (C=O) groups is 1. The van der Waals surface area contributed by atoms with Crippen molar-refractivity contribution in [1.82, 2.24) is 0 Å². The molecule has 1 aliphatic heterocycles. The second-order valence-electron chi connectivity index (χ2n) is 4.46. The highest BCUT2D eigenvalue weighted by Gasteiger charge is 2.18. The summed E-state index contributed by atoms with van der Waals surface area (Å²) < 4.78 is 6.09. The molecule has 3 rings (SSSR count). The van der Waals surface area contributed by atoms with Gasteiger partial charge in [-0.15, -0.1) is 0 Å². The van der Waals surface area contributed by atoms with Gasteiger partial charge in [-0.3, -0.25) is 4.79 Å². The predicted molar refractivity (Wildman–Crippen MR) is 77.6 cm³/mol. The van der Waals surface area contributed by atoms with Crippen LogP contribution in [-0.4, -0.2) is 12.4 Å². The molecule has 2 N–H and O–H groups in total. The van der Waals surface area contributed by atoms with E-state index in [1.807, 2.05) is 12.1 Å². The van der Waals surface area contributed by atoms with Gasteiger partial charge in [-0.2, -0.15) is 0 Å². The number of nitrogens with two attached hydrogens (primary N) is 1. The maximum absolute atomic E-state index is 12.5. The third-order valence-corrected chi connectivity index (χ3v) is 4.11. The van der Waals surface area contributed by atoms with E-state index in [0.717, 1.165) is 17.7 Å². The van der Waals surface area contributed by atoms with Gasteiger partial charge in [0, 0.05) is 23.2 Å². The Morgan fingerprint density at radius 1 is 1.26 bits per heavy atom. The molecule has 2 aromatic carbocycles. The molecule has 0 atom stereocenters. The van der Waals surface area contributed by atoms with E-state index < -0.39 is 0 Å². The summed E-state index contributed by atoms with van der Waals surface area (Å²) in [5.41, 5.74) is 8.71. The van der Waals surface area contributed by atoms with Crippen molar-refractivity contribution in [3.63, 3.8) is 0 Å². The monoisotopic (exact) mass is 317 g/mol. The van der Waals surface area contributed by atoms with Gasteiger partial charge in [-0.25, -0.2) is 0 Å². The summed E-state index contributed by atoms with van der Waals surface area (Å²) in [4.78, 5) is 12.5. The van der Waals surface area contributed by atoms with Gasteiger partial charge in [0.05, 0.1) is 11.1 Å². The first-order valence-electron chi connectivity index (χ1n) is 6.01. The van der Waals surface area contributed by atoms with E-state index in [4.69, 9.17) is 10.5 Å². The number of nitrogen functional groups attached to an aromatic ring is 1. The number of ketones is 1. The van der Waals surface area contributed by atoms with Crippen LogP contribution in [0.4, 0.5) is 5.69 Å². The van der Waals surface area contributed by atoms with E-state index in [-0.39, 0.29) is 5.78 Å². The number of hydrogen-bond donors (Lipinski definition) is 1. The van der Waals surface area contributed by atoms with Crippen LogP contribution in [0.1, 0.15) is 21.5 Å². The summed E-state index contributed by atoms with van der Waals surface area (Å²) in [7, 11) is 0. The molecule has 0 bridgehead atoms. The minimum atomic E-state index is -0.0334.